The molecule has 0 unspecified atom stereocenters. The number of rotatable bonds is 4. The third kappa shape index (κ3) is 6.56. The number of nitrogens with zero attached hydrogens (tertiary/aromatic N) is 2. The zero-order chi connectivity index (χ0) is 30.0. The molecule has 0 aliphatic rings. The van der Waals surface area contributed by atoms with E-state index in [1.54, 1.807) is 24.3 Å². The Kier molecular flexibility index (Phi) is 9.84. The number of aromatic nitrogens is 4. The van der Waals surface area contributed by atoms with Gasteiger partial charge in [0.1, 0.15) is 32.2 Å². The van der Waals surface area contributed by atoms with Crippen LogP contribution in [0.5, 0.6) is 0 Å². The van der Waals surface area contributed by atoms with E-state index in [0.29, 0.717) is 76.4 Å². The molecule has 0 fully saturated rings. The van der Waals surface area contributed by atoms with Gasteiger partial charge in [0.05, 0.1) is 22.1 Å². The normalized spacial score (nSPS) is 10.5. The first-order valence-electron chi connectivity index (χ1n) is 12.6. The van der Waals surface area contributed by atoms with Crippen LogP contribution < -0.4 is 11.5 Å². The average molecular weight is 654 g/mol. The van der Waals surface area contributed by atoms with Gasteiger partial charge in [0.2, 0.25) is 0 Å². The Morgan fingerprint density at radius 1 is 0.674 bits per heavy atom. The Morgan fingerprint density at radius 2 is 1.05 bits per heavy atom. The molecule has 0 radical (unpaired) electrons. The lowest BCUT2D eigenvalue weighted by Gasteiger charge is -2.08. The fourth-order valence-electron chi connectivity index (χ4n) is 4.43. The van der Waals surface area contributed by atoms with Gasteiger partial charge >= 0.3 is 0 Å². The molecule has 6 aromatic rings. The largest absolute Gasteiger partial charge is 0.412 e. The molecule has 0 atom stereocenters. The van der Waals surface area contributed by atoms with Gasteiger partial charge in [0.25, 0.3) is 0 Å². The fourth-order valence-corrected chi connectivity index (χ4v) is 5.84. The van der Waals surface area contributed by atoms with Crippen LogP contribution in [0.25, 0.3) is 22.1 Å². The second-order valence-electron chi connectivity index (χ2n) is 9.40. The number of benzene rings is 4. The van der Waals surface area contributed by atoms with Crippen LogP contribution in [0.1, 0.15) is 33.9 Å². The minimum absolute atomic E-state index is 0. The Morgan fingerprint density at radius 3 is 1.40 bits per heavy atom. The van der Waals surface area contributed by atoms with Gasteiger partial charge in [-0.3, -0.25) is 0 Å². The number of anilines is 2. The highest BCUT2D eigenvalue weighted by molar-refractivity contribution is 7.67. The lowest BCUT2D eigenvalue weighted by atomic mass is 10.1. The third-order valence-corrected chi connectivity index (χ3v) is 8.16. The smallest absolute Gasteiger partial charge is 0.152 e. The van der Waals surface area contributed by atoms with Crippen molar-refractivity contribution in [2.75, 3.05) is 11.5 Å². The summed E-state index contributed by atoms with van der Waals surface area (Å²) in [6.45, 7) is 3.72. The number of fused-ring (bicyclic) bond motifs is 2. The van der Waals surface area contributed by atoms with Crippen LogP contribution >= 0.6 is 23.2 Å². The maximum absolute atomic E-state index is 11.6. The van der Waals surface area contributed by atoms with Crippen molar-refractivity contribution in [3.05, 3.63) is 117 Å². The highest BCUT2D eigenvalue weighted by Gasteiger charge is 2.17. The van der Waals surface area contributed by atoms with Gasteiger partial charge in [0, 0.05) is 32.5 Å². The molecule has 4 aromatic carbocycles. The molecule has 13 heteroatoms. The zero-order valence-corrected chi connectivity index (χ0v) is 26.0. The van der Waals surface area contributed by atoms with Gasteiger partial charge < -0.3 is 26.9 Å². The van der Waals surface area contributed by atoms with Crippen LogP contribution in [0.4, 0.5) is 11.4 Å². The maximum atomic E-state index is 11.6. The summed E-state index contributed by atoms with van der Waals surface area (Å²) in [6, 6.07) is 22.1. The first-order chi connectivity index (χ1) is 20.2. The molecule has 0 spiro atoms. The summed E-state index contributed by atoms with van der Waals surface area (Å²) in [5, 5.41) is 1.08. The lowest BCUT2D eigenvalue weighted by molar-refractivity contribution is 0.700. The van der Waals surface area contributed by atoms with E-state index in [-0.39, 0.29) is 5.48 Å². The molecule has 2 heterocycles. The number of para-hydroxylation sites is 4. The van der Waals surface area contributed by atoms with Crippen molar-refractivity contribution in [3.8, 4) is 0 Å². The number of aryl methyl sites for hydroxylation is 2. The van der Waals surface area contributed by atoms with E-state index in [2.05, 4.69) is 19.9 Å². The van der Waals surface area contributed by atoms with E-state index in [1.807, 2.05) is 62.4 Å². The maximum Gasteiger partial charge on any atom is 0.152 e. The van der Waals surface area contributed by atoms with E-state index in [0.717, 1.165) is 33.2 Å². The number of halogens is 2. The minimum atomic E-state index is 0. The highest BCUT2D eigenvalue weighted by Crippen LogP contribution is 2.26. The molecule has 0 saturated heterocycles. The monoisotopic (exact) mass is 652 g/mol. The van der Waals surface area contributed by atoms with Crippen molar-refractivity contribution in [2.45, 2.75) is 13.8 Å². The van der Waals surface area contributed by atoms with Gasteiger partial charge in [0.15, 0.2) is 11.6 Å². The van der Waals surface area contributed by atoms with E-state index >= 15 is 0 Å². The summed E-state index contributed by atoms with van der Waals surface area (Å²) in [5.74, 6) is 1.01. The van der Waals surface area contributed by atoms with Gasteiger partial charge in [-0.25, -0.2) is 18.4 Å². The predicted molar refractivity (Wildman–Crippen MR) is 180 cm³/mol. The van der Waals surface area contributed by atoms with E-state index in [4.69, 9.17) is 34.7 Å². The Hall–Kier alpha value is -4.26. The van der Waals surface area contributed by atoms with Gasteiger partial charge in [-0.15, -0.1) is 0 Å². The highest BCUT2D eigenvalue weighted by atomic mass is 35.5. The van der Waals surface area contributed by atoms with Gasteiger partial charge in [-0.05, 0) is 73.5 Å². The first-order valence-corrected chi connectivity index (χ1v) is 14.8. The number of imidazole rings is 2. The van der Waals surface area contributed by atoms with E-state index in [1.165, 1.54) is 0 Å². The minimum Gasteiger partial charge on any atom is -0.412 e. The molecule has 0 amide bonds. The molecular weight excluding hydrogens is 627 g/mol. The zero-order valence-electron chi connectivity index (χ0n) is 22.9. The van der Waals surface area contributed by atoms with Crippen molar-refractivity contribution < 1.29 is 13.9 Å². The number of aromatic amines is 2. The summed E-state index contributed by atoms with van der Waals surface area (Å²) in [4.78, 5) is 16.1. The second-order valence-corrected chi connectivity index (χ2v) is 11.4. The van der Waals surface area contributed by atoms with Crippen molar-refractivity contribution in [2.24, 2.45) is 0 Å². The first kappa shape index (κ1) is 31.7. The Balaban J connectivity index is 0.000000192. The second kappa shape index (κ2) is 13.4. The number of nitrogens with two attached hydrogens (primary N) is 2. The van der Waals surface area contributed by atoms with Crippen LogP contribution in [0.3, 0.4) is 0 Å². The van der Waals surface area contributed by atoms with Gasteiger partial charge in [-0.2, -0.15) is 0 Å². The topological polar surface area (TPSA) is 175 Å². The average Bonchev–Trinajstić information content (AvgIpc) is 3.59. The van der Waals surface area contributed by atoms with E-state index in [9.17, 15) is 8.42 Å². The summed E-state index contributed by atoms with van der Waals surface area (Å²) < 4.78 is 23.2. The number of hydrogen-bond acceptors (Lipinski definition) is 6. The number of nitrogen functional groups attached to an aromatic ring is 2. The molecule has 9 nitrogen and oxygen atoms in total. The number of H-pyrrole nitrogens is 2. The molecule has 0 bridgehead atoms. The van der Waals surface area contributed by atoms with Crippen LogP contribution in [0.15, 0.2) is 72.8 Å². The molecule has 43 heavy (non-hydrogen) atoms. The SMILES string of the molecule is Cc1cc(Cl)cc(C(=S=O)c2nc3ccccc3[nH]2)c1N.Cc1cc(Cl)cc(C(=S=O)c2nc3ccccc3[nH]2)c1N.O. The summed E-state index contributed by atoms with van der Waals surface area (Å²) in [5.41, 5.74) is 19.5. The number of nitrogens with one attached hydrogen (secondary N) is 2. The van der Waals surface area contributed by atoms with Crippen LogP contribution in [-0.2, 0) is 22.5 Å². The third-order valence-electron chi connectivity index (χ3n) is 6.57. The van der Waals surface area contributed by atoms with Crippen LogP contribution in [0, 0.1) is 13.8 Å². The van der Waals surface area contributed by atoms with Crippen molar-refractivity contribution in [1.29, 1.82) is 0 Å². The molecule has 8 N–H and O–H groups in total. The van der Waals surface area contributed by atoms with Gasteiger partial charge in [-0.1, -0.05) is 47.5 Å². The predicted octanol–water partition coefficient (Wildman–Crippen LogP) is 4.95. The van der Waals surface area contributed by atoms with Crippen LogP contribution in [0.2, 0.25) is 10.0 Å². The molecule has 6 rings (SSSR count). The van der Waals surface area contributed by atoms with Crippen molar-refractivity contribution in [3.63, 3.8) is 0 Å². The van der Waals surface area contributed by atoms with Crippen molar-refractivity contribution in [1.82, 2.24) is 19.9 Å². The molecular formula is C30H26Cl2N6O3S2. The molecule has 220 valence electrons. The molecule has 2 aromatic heterocycles. The Bertz CT molecular complexity index is 1880. The molecule has 0 aliphatic heterocycles. The van der Waals surface area contributed by atoms with Crippen molar-refractivity contribution >= 4 is 88.9 Å². The molecule has 0 aliphatic carbocycles. The fraction of sp³-hybridized carbons (Fsp3) is 0.0667. The lowest BCUT2D eigenvalue weighted by Crippen LogP contribution is -2.09. The standard InChI is InChI=1S/2C15H12ClN3OS.H2O/c2*1-8-6-9(16)7-10(13(8)17)14(21-20)15-18-11-4-2-3-5-12(11)19-15;/h2*2-7H,17H2,1H3,(H,18,19);1H2. The molecule has 0 saturated carbocycles. The summed E-state index contributed by atoms with van der Waals surface area (Å²) >= 11 is 12.9. The summed E-state index contributed by atoms with van der Waals surface area (Å²) in [6.07, 6.45) is 0. The number of hydrogen-bond donors (Lipinski definition) is 4. The summed E-state index contributed by atoms with van der Waals surface area (Å²) in [7, 11) is 0. The Labute approximate surface area is 263 Å². The quantitative estimate of drug-likeness (QED) is 0.119. The van der Waals surface area contributed by atoms with E-state index < -0.39 is 0 Å². The van der Waals surface area contributed by atoms with Crippen LogP contribution in [-0.4, -0.2) is 43.6 Å².